The lowest BCUT2D eigenvalue weighted by Gasteiger charge is -2.15. The minimum atomic E-state index is 0.657. The highest BCUT2D eigenvalue weighted by molar-refractivity contribution is 7.79. The van der Waals surface area contributed by atoms with Gasteiger partial charge >= 0.3 is 0 Å². The van der Waals surface area contributed by atoms with Gasteiger partial charge in [0, 0.05) is 0 Å². The molecule has 0 N–H and O–H groups in total. The molecule has 1 heteroatoms. The second-order valence-electron chi connectivity index (χ2n) is 2.59. The van der Waals surface area contributed by atoms with Gasteiger partial charge in [0.25, 0.3) is 0 Å². The van der Waals surface area contributed by atoms with Gasteiger partial charge in [-0.25, -0.2) is 0 Å². The molecule has 0 aliphatic carbocycles. The van der Waals surface area contributed by atoms with E-state index in [1.54, 1.807) is 0 Å². The van der Waals surface area contributed by atoms with E-state index in [1.165, 1.54) is 12.8 Å². The van der Waals surface area contributed by atoms with Gasteiger partial charge in [0.15, 0.2) is 0 Å². The van der Waals surface area contributed by atoms with Gasteiger partial charge in [-0.2, -0.15) is 0 Å². The van der Waals surface area contributed by atoms with Gasteiger partial charge in [0.2, 0.25) is 0 Å². The molecule has 0 rings (SSSR count). The number of hydrogen-bond donors (Lipinski definition) is 0. The summed E-state index contributed by atoms with van der Waals surface area (Å²) < 4.78 is 0. The Morgan fingerprint density at radius 3 is 2.00 bits per heavy atom. The fourth-order valence-electron chi connectivity index (χ4n) is 0.935. The molecule has 0 heterocycles. The van der Waals surface area contributed by atoms with Crippen LogP contribution in [0.5, 0.6) is 0 Å². The summed E-state index contributed by atoms with van der Waals surface area (Å²) in [5.74, 6) is 1.43. The van der Waals surface area contributed by atoms with Crippen LogP contribution >= 0.6 is 12.2 Å². The lowest BCUT2D eigenvalue weighted by atomic mass is 9.92. The molecule has 54 valence electrons. The molecule has 0 aliphatic rings. The summed E-state index contributed by atoms with van der Waals surface area (Å²) in [5.41, 5.74) is 0. The molecule has 9 heavy (non-hydrogen) atoms. The Balaban J connectivity index is 3.63. The Kier molecular flexibility index (Phi) is 4.97. The van der Waals surface area contributed by atoms with Crippen molar-refractivity contribution in [1.29, 1.82) is 0 Å². The molecule has 0 radical (unpaired) electrons. The second-order valence-corrected chi connectivity index (χ2v) is 2.87. The molecule has 2 atom stereocenters. The maximum Gasteiger partial charge on any atom is -0.0106 e. The summed E-state index contributed by atoms with van der Waals surface area (Å²) in [6.07, 6.45) is 2.43. The maximum atomic E-state index is 4.89. The average molecular weight is 144 g/mol. The molecular formula is C8H16S. The lowest BCUT2D eigenvalue weighted by molar-refractivity contribution is 0.439. The molecule has 0 nitrogen and oxygen atoms in total. The molecule has 0 aliphatic heterocycles. The van der Waals surface area contributed by atoms with Gasteiger partial charge < -0.3 is 0 Å². The van der Waals surface area contributed by atoms with Gasteiger partial charge in [0.1, 0.15) is 0 Å². The molecule has 0 aromatic heterocycles. The van der Waals surface area contributed by atoms with E-state index in [4.69, 9.17) is 12.2 Å². The van der Waals surface area contributed by atoms with E-state index >= 15 is 0 Å². The first-order chi connectivity index (χ1) is 4.26. The van der Waals surface area contributed by atoms with Gasteiger partial charge in [-0.05, 0) is 23.6 Å². The predicted octanol–water partition coefficient (Wildman–Crippen LogP) is 3.06. The smallest absolute Gasteiger partial charge is 0.0106 e. The van der Waals surface area contributed by atoms with Crippen LogP contribution in [-0.4, -0.2) is 5.37 Å². The summed E-state index contributed by atoms with van der Waals surface area (Å²) in [6, 6.07) is 0. The molecule has 0 saturated heterocycles. The zero-order valence-corrected chi connectivity index (χ0v) is 7.37. The van der Waals surface area contributed by atoms with Crippen LogP contribution in [0.15, 0.2) is 0 Å². The van der Waals surface area contributed by atoms with Crippen LogP contribution in [0.25, 0.3) is 0 Å². The van der Waals surface area contributed by atoms with Crippen molar-refractivity contribution in [1.82, 2.24) is 0 Å². The molecule has 0 amide bonds. The van der Waals surface area contributed by atoms with Crippen molar-refractivity contribution in [3.63, 3.8) is 0 Å². The van der Waals surface area contributed by atoms with Crippen LogP contribution in [0.2, 0.25) is 0 Å². The standard InChI is InChI=1S/C8H16S/c1-4-7(3)8(5-2)6-9/h6-8H,4-5H2,1-3H3. The van der Waals surface area contributed by atoms with E-state index in [1.807, 2.05) is 5.37 Å². The fraction of sp³-hybridized carbons (Fsp3) is 0.875. The van der Waals surface area contributed by atoms with Crippen molar-refractivity contribution in [3.05, 3.63) is 0 Å². The lowest BCUT2D eigenvalue weighted by Crippen LogP contribution is -2.09. The van der Waals surface area contributed by atoms with Gasteiger partial charge in [0.05, 0.1) is 0 Å². The van der Waals surface area contributed by atoms with Gasteiger partial charge in [-0.15, -0.1) is 0 Å². The Labute approximate surface area is 63.7 Å². The molecule has 2 unspecified atom stereocenters. The van der Waals surface area contributed by atoms with E-state index in [-0.39, 0.29) is 0 Å². The molecule has 0 aromatic rings. The van der Waals surface area contributed by atoms with Crippen LogP contribution in [0.3, 0.4) is 0 Å². The predicted molar refractivity (Wildman–Crippen MR) is 46.9 cm³/mol. The first-order valence-electron chi connectivity index (χ1n) is 3.71. The van der Waals surface area contributed by atoms with Crippen molar-refractivity contribution in [3.8, 4) is 0 Å². The maximum absolute atomic E-state index is 4.89. The zero-order valence-electron chi connectivity index (χ0n) is 6.55. The van der Waals surface area contributed by atoms with E-state index in [9.17, 15) is 0 Å². The Morgan fingerprint density at radius 1 is 1.33 bits per heavy atom. The van der Waals surface area contributed by atoms with E-state index in [0.717, 1.165) is 5.92 Å². The van der Waals surface area contributed by atoms with Gasteiger partial charge in [-0.1, -0.05) is 39.4 Å². The summed E-state index contributed by atoms with van der Waals surface area (Å²) >= 11 is 4.89. The van der Waals surface area contributed by atoms with Crippen molar-refractivity contribution < 1.29 is 0 Å². The molecule has 0 aromatic carbocycles. The third kappa shape index (κ3) is 2.95. The Morgan fingerprint density at radius 2 is 1.89 bits per heavy atom. The second kappa shape index (κ2) is 4.92. The zero-order chi connectivity index (χ0) is 7.28. The van der Waals surface area contributed by atoms with Crippen LogP contribution < -0.4 is 0 Å². The highest BCUT2D eigenvalue weighted by Gasteiger charge is 2.08. The van der Waals surface area contributed by atoms with Crippen molar-refractivity contribution in [2.24, 2.45) is 11.8 Å². The highest BCUT2D eigenvalue weighted by Crippen LogP contribution is 2.16. The largest absolute Gasteiger partial charge is 0.0932 e. The van der Waals surface area contributed by atoms with Crippen molar-refractivity contribution in [2.75, 3.05) is 0 Å². The van der Waals surface area contributed by atoms with E-state index < -0.39 is 0 Å². The van der Waals surface area contributed by atoms with Crippen molar-refractivity contribution in [2.45, 2.75) is 33.6 Å². The van der Waals surface area contributed by atoms with E-state index in [2.05, 4.69) is 20.8 Å². The SMILES string of the molecule is CCC(C)C(C=S)CC. The van der Waals surface area contributed by atoms with E-state index in [0.29, 0.717) is 5.92 Å². The van der Waals surface area contributed by atoms with Crippen LogP contribution in [0.4, 0.5) is 0 Å². The normalized spacial score (nSPS) is 16.8. The van der Waals surface area contributed by atoms with Crippen LogP contribution in [-0.2, 0) is 0 Å². The molecule has 0 fully saturated rings. The average Bonchev–Trinajstić information content (AvgIpc) is 1.90. The van der Waals surface area contributed by atoms with Crippen molar-refractivity contribution >= 4 is 17.6 Å². The monoisotopic (exact) mass is 144 g/mol. The topological polar surface area (TPSA) is 0 Å². The fourth-order valence-corrected chi connectivity index (χ4v) is 1.40. The summed E-state index contributed by atoms with van der Waals surface area (Å²) in [5, 5.41) is 1.91. The third-order valence-electron chi connectivity index (χ3n) is 2.02. The third-order valence-corrected chi connectivity index (χ3v) is 2.37. The Bertz CT molecular complexity index is 78.6. The molecular weight excluding hydrogens is 128 g/mol. The van der Waals surface area contributed by atoms with Crippen LogP contribution in [0, 0.1) is 11.8 Å². The molecule has 0 spiro atoms. The number of hydrogen-bond acceptors (Lipinski definition) is 1. The minimum absolute atomic E-state index is 0.657. The first-order valence-corrected chi connectivity index (χ1v) is 4.18. The Hall–Kier alpha value is 0.0900. The van der Waals surface area contributed by atoms with Gasteiger partial charge in [-0.3, -0.25) is 0 Å². The highest BCUT2D eigenvalue weighted by atomic mass is 32.1. The summed E-state index contributed by atoms with van der Waals surface area (Å²) in [6.45, 7) is 6.67. The summed E-state index contributed by atoms with van der Waals surface area (Å²) in [7, 11) is 0. The summed E-state index contributed by atoms with van der Waals surface area (Å²) in [4.78, 5) is 0. The van der Waals surface area contributed by atoms with Crippen LogP contribution in [0.1, 0.15) is 33.6 Å². The molecule has 0 saturated carbocycles. The quantitative estimate of drug-likeness (QED) is 0.546. The minimum Gasteiger partial charge on any atom is -0.0932 e. The number of thiocarbonyl (C=S) groups is 1. The molecule has 0 bridgehead atoms. The number of rotatable bonds is 4. The first kappa shape index (κ1) is 9.09.